The van der Waals surface area contributed by atoms with Crippen molar-refractivity contribution < 1.29 is 19.5 Å². The number of carboxylic acid groups (broad SMARTS) is 1. The molecule has 0 spiro atoms. The van der Waals surface area contributed by atoms with Gasteiger partial charge in [0.15, 0.2) is 0 Å². The van der Waals surface area contributed by atoms with E-state index < -0.39 is 29.5 Å². The van der Waals surface area contributed by atoms with Crippen LogP contribution in [0.15, 0.2) is 0 Å². The fourth-order valence-corrected chi connectivity index (χ4v) is 3.68. The summed E-state index contributed by atoms with van der Waals surface area (Å²) in [6, 6.07) is -1.60. The van der Waals surface area contributed by atoms with E-state index in [-0.39, 0.29) is 0 Å². The van der Waals surface area contributed by atoms with E-state index in [1.165, 1.54) is 23.5 Å². The smallest absolute Gasteiger partial charge is 0.330 e. The van der Waals surface area contributed by atoms with E-state index in [0.29, 0.717) is 30.1 Å². The molecule has 1 heterocycles. The number of aliphatic carboxylic acids is 1. The molecule has 5 N–H and O–H groups in total. The van der Waals surface area contributed by atoms with Crippen molar-refractivity contribution in [1.29, 1.82) is 0 Å². The molecule has 2 unspecified atom stereocenters. The molecule has 0 bridgehead atoms. The fourth-order valence-electron chi connectivity index (χ4n) is 1.88. The maximum absolute atomic E-state index is 12.2. The predicted octanol–water partition coefficient (Wildman–Crippen LogP) is -0.147. The first kappa shape index (κ1) is 17.0. The molecular formula is C11H19N3O4S2. The van der Waals surface area contributed by atoms with Gasteiger partial charge in [-0.2, -0.15) is 23.5 Å². The third-order valence-electron chi connectivity index (χ3n) is 3.04. The van der Waals surface area contributed by atoms with Crippen LogP contribution in [0.5, 0.6) is 0 Å². The summed E-state index contributed by atoms with van der Waals surface area (Å²) in [5, 5.41) is 14.2. The van der Waals surface area contributed by atoms with E-state index >= 15 is 0 Å². The SMILES string of the molecule is CSCCC(NC(N)=O)C(=O)NC1(C(=O)O)CCSC1. The standard InChI is InChI=1S/C11H19N3O4S2/c1-19-4-2-7(13-10(12)18)8(15)14-11(9(16)17)3-5-20-6-11/h7H,2-6H2,1H3,(H,14,15)(H,16,17)(H3,12,13,18). The minimum absolute atomic E-state index is 0.333. The van der Waals surface area contributed by atoms with Crippen molar-refractivity contribution in [3.05, 3.63) is 0 Å². The third kappa shape index (κ3) is 4.48. The summed E-state index contributed by atoms with van der Waals surface area (Å²) in [7, 11) is 0. The number of thioether (sulfide) groups is 2. The van der Waals surface area contributed by atoms with Crippen LogP contribution in [0.25, 0.3) is 0 Å². The molecule has 0 aromatic carbocycles. The molecule has 114 valence electrons. The first-order valence-electron chi connectivity index (χ1n) is 6.09. The molecule has 1 aliphatic rings. The Hall–Kier alpha value is -1.09. The lowest BCUT2D eigenvalue weighted by Gasteiger charge is -2.27. The summed E-state index contributed by atoms with van der Waals surface area (Å²) in [4.78, 5) is 34.5. The Kier molecular flexibility index (Phi) is 6.47. The quantitative estimate of drug-likeness (QED) is 0.517. The Labute approximate surface area is 125 Å². The zero-order valence-corrected chi connectivity index (χ0v) is 12.8. The van der Waals surface area contributed by atoms with E-state index in [2.05, 4.69) is 10.6 Å². The summed E-state index contributed by atoms with van der Waals surface area (Å²) in [5.74, 6) is 0.138. The number of amides is 3. The van der Waals surface area contributed by atoms with Crippen LogP contribution in [-0.2, 0) is 9.59 Å². The largest absolute Gasteiger partial charge is 0.479 e. The van der Waals surface area contributed by atoms with Gasteiger partial charge in [-0.25, -0.2) is 9.59 Å². The maximum atomic E-state index is 12.2. The van der Waals surface area contributed by atoms with Crippen molar-refractivity contribution >= 4 is 41.4 Å². The molecule has 1 aliphatic heterocycles. The molecule has 3 amide bonds. The summed E-state index contributed by atoms with van der Waals surface area (Å²) in [5.41, 5.74) is 3.81. The number of hydrogen-bond acceptors (Lipinski definition) is 5. The van der Waals surface area contributed by atoms with Gasteiger partial charge in [-0.3, -0.25) is 4.79 Å². The third-order valence-corrected chi connectivity index (χ3v) is 4.87. The van der Waals surface area contributed by atoms with Gasteiger partial charge in [0.1, 0.15) is 11.6 Å². The van der Waals surface area contributed by atoms with Gasteiger partial charge in [-0.05, 0) is 30.6 Å². The molecule has 2 atom stereocenters. The Morgan fingerprint density at radius 3 is 2.65 bits per heavy atom. The molecule has 1 saturated heterocycles. The monoisotopic (exact) mass is 321 g/mol. The van der Waals surface area contributed by atoms with Crippen LogP contribution >= 0.6 is 23.5 Å². The number of primary amides is 1. The lowest BCUT2D eigenvalue weighted by molar-refractivity contribution is -0.146. The number of carboxylic acids is 1. The van der Waals surface area contributed by atoms with Crippen LogP contribution in [-0.4, -0.2) is 58.1 Å². The van der Waals surface area contributed by atoms with Gasteiger partial charge in [0.2, 0.25) is 5.91 Å². The van der Waals surface area contributed by atoms with E-state index in [1.54, 1.807) is 0 Å². The molecule has 0 saturated carbocycles. The molecule has 1 fully saturated rings. The van der Waals surface area contributed by atoms with Crippen LogP contribution in [0.2, 0.25) is 0 Å². The van der Waals surface area contributed by atoms with Gasteiger partial charge in [0, 0.05) is 5.75 Å². The van der Waals surface area contributed by atoms with Crippen molar-refractivity contribution in [1.82, 2.24) is 10.6 Å². The highest BCUT2D eigenvalue weighted by atomic mass is 32.2. The zero-order valence-electron chi connectivity index (χ0n) is 11.2. The summed E-state index contributed by atoms with van der Waals surface area (Å²) >= 11 is 3.01. The number of urea groups is 1. The Balaban J connectivity index is 2.72. The first-order chi connectivity index (χ1) is 9.41. The number of hydrogen-bond donors (Lipinski definition) is 4. The molecule has 9 heteroatoms. The van der Waals surface area contributed by atoms with Crippen LogP contribution in [0.3, 0.4) is 0 Å². The topological polar surface area (TPSA) is 122 Å². The highest BCUT2D eigenvalue weighted by Gasteiger charge is 2.44. The Morgan fingerprint density at radius 1 is 1.50 bits per heavy atom. The molecule has 7 nitrogen and oxygen atoms in total. The number of carbonyl (C=O) groups excluding carboxylic acids is 2. The molecular weight excluding hydrogens is 302 g/mol. The Morgan fingerprint density at radius 2 is 2.20 bits per heavy atom. The number of nitrogens with one attached hydrogen (secondary N) is 2. The second-order valence-electron chi connectivity index (χ2n) is 4.52. The molecule has 20 heavy (non-hydrogen) atoms. The average molecular weight is 321 g/mol. The van der Waals surface area contributed by atoms with E-state index in [4.69, 9.17) is 5.73 Å². The number of carbonyl (C=O) groups is 3. The van der Waals surface area contributed by atoms with Gasteiger partial charge >= 0.3 is 12.0 Å². The molecule has 0 aromatic rings. The number of rotatable bonds is 7. The van der Waals surface area contributed by atoms with Crippen LogP contribution in [0, 0.1) is 0 Å². The van der Waals surface area contributed by atoms with Gasteiger partial charge in [-0.15, -0.1) is 0 Å². The molecule has 1 rings (SSSR count). The van der Waals surface area contributed by atoms with Crippen molar-refractivity contribution in [2.75, 3.05) is 23.5 Å². The van der Waals surface area contributed by atoms with Crippen LogP contribution < -0.4 is 16.4 Å². The lowest BCUT2D eigenvalue weighted by Crippen LogP contribution is -2.60. The molecule has 0 aromatic heterocycles. The van der Waals surface area contributed by atoms with Gasteiger partial charge in [-0.1, -0.05) is 0 Å². The van der Waals surface area contributed by atoms with Gasteiger partial charge in [0.25, 0.3) is 0 Å². The first-order valence-corrected chi connectivity index (χ1v) is 8.64. The summed E-state index contributed by atoms with van der Waals surface area (Å²) < 4.78 is 0. The van der Waals surface area contributed by atoms with E-state index in [1.807, 2.05) is 6.26 Å². The van der Waals surface area contributed by atoms with E-state index in [9.17, 15) is 19.5 Å². The minimum atomic E-state index is -1.24. The summed E-state index contributed by atoms with van der Waals surface area (Å²) in [6.07, 6.45) is 2.66. The van der Waals surface area contributed by atoms with Gasteiger partial charge in [0.05, 0.1) is 0 Å². The van der Waals surface area contributed by atoms with Crippen molar-refractivity contribution in [2.45, 2.75) is 24.4 Å². The van der Waals surface area contributed by atoms with Crippen LogP contribution in [0.4, 0.5) is 4.79 Å². The predicted molar refractivity (Wildman–Crippen MR) is 80.0 cm³/mol. The average Bonchev–Trinajstić information content (AvgIpc) is 2.83. The van der Waals surface area contributed by atoms with Crippen molar-refractivity contribution in [3.8, 4) is 0 Å². The highest BCUT2D eigenvalue weighted by molar-refractivity contribution is 7.99. The lowest BCUT2D eigenvalue weighted by atomic mass is 9.98. The van der Waals surface area contributed by atoms with E-state index in [0.717, 1.165) is 0 Å². The maximum Gasteiger partial charge on any atom is 0.330 e. The molecule has 0 aliphatic carbocycles. The number of nitrogens with two attached hydrogens (primary N) is 1. The fraction of sp³-hybridized carbons (Fsp3) is 0.727. The second-order valence-corrected chi connectivity index (χ2v) is 6.61. The Bertz CT molecular complexity index is 386. The zero-order chi connectivity index (χ0) is 15.2. The van der Waals surface area contributed by atoms with Crippen molar-refractivity contribution in [2.24, 2.45) is 5.73 Å². The van der Waals surface area contributed by atoms with Crippen molar-refractivity contribution in [3.63, 3.8) is 0 Å². The second kappa shape index (κ2) is 7.63. The summed E-state index contributed by atoms with van der Waals surface area (Å²) in [6.45, 7) is 0. The molecule has 0 radical (unpaired) electrons. The van der Waals surface area contributed by atoms with Gasteiger partial charge < -0.3 is 21.5 Å². The minimum Gasteiger partial charge on any atom is -0.479 e. The highest BCUT2D eigenvalue weighted by Crippen LogP contribution is 2.28. The van der Waals surface area contributed by atoms with Crippen LogP contribution in [0.1, 0.15) is 12.8 Å². The normalized spacial score (nSPS) is 23.1.